The fourth-order valence-electron chi connectivity index (χ4n) is 2.01. The first-order valence-electron chi connectivity index (χ1n) is 8.99. The van der Waals surface area contributed by atoms with Crippen molar-refractivity contribution >= 4 is 23.8 Å². The summed E-state index contributed by atoms with van der Waals surface area (Å²) in [4.78, 5) is 7.65. The Morgan fingerprint density at radius 3 is 1.90 bits per heavy atom. The summed E-state index contributed by atoms with van der Waals surface area (Å²) in [6, 6.07) is 8.57. The Labute approximate surface area is 190 Å². The molecule has 2 heterocycles. The van der Waals surface area contributed by atoms with Crippen LogP contribution in [0.15, 0.2) is 36.7 Å². The molecule has 0 saturated carbocycles. The first-order valence-corrected chi connectivity index (χ1v) is 10.1. The van der Waals surface area contributed by atoms with Crippen molar-refractivity contribution in [3.63, 3.8) is 0 Å². The summed E-state index contributed by atoms with van der Waals surface area (Å²) >= 11 is -1.31. The lowest BCUT2D eigenvalue weighted by Gasteiger charge is -2.26. The van der Waals surface area contributed by atoms with Gasteiger partial charge in [0, 0.05) is 11.4 Å². The molecule has 0 radical (unpaired) electrons. The monoisotopic (exact) mass is 470 g/mol. The summed E-state index contributed by atoms with van der Waals surface area (Å²) in [7, 11) is 0. The fourth-order valence-corrected chi connectivity index (χ4v) is 2.82. The quantitative estimate of drug-likeness (QED) is 0.613. The Kier molecular flexibility index (Phi) is 12.8. The van der Waals surface area contributed by atoms with Crippen molar-refractivity contribution in [2.75, 3.05) is 0 Å². The average molecular weight is 471 g/mol. The topological polar surface area (TPSA) is 134 Å². The number of pyridine rings is 2. The van der Waals surface area contributed by atoms with Crippen LogP contribution in [0.25, 0.3) is 0 Å². The number of halogens is 3. The van der Waals surface area contributed by atoms with Gasteiger partial charge < -0.3 is 10.3 Å². The van der Waals surface area contributed by atoms with E-state index in [1.165, 1.54) is 24.3 Å². The molecule has 0 aliphatic carbocycles. The number of nitrogens with two attached hydrogens (primary N) is 1. The highest BCUT2D eigenvalue weighted by atomic mass is 35.5. The Morgan fingerprint density at radius 2 is 1.52 bits per heavy atom. The third kappa shape index (κ3) is 10.5. The maximum atomic E-state index is 12.8. The number of rotatable bonds is 6. The zero-order valence-electron chi connectivity index (χ0n) is 17.4. The number of hydrogen-bond acceptors (Lipinski definition) is 7. The number of aromatic nitrogens is 2. The molecule has 3 unspecified atom stereocenters. The van der Waals surface area contributed by atoms with Crippen LogP contribution in [0.3, 0.4) is 0 Å². The summed E-state index contributed by atoms with van der Waals surface area (Å²) in [6.07, 6.45) is 2.49. The minimum Gasteiger partial charge on any atom is -0.598 e. The molecule has 0 aliphatic heterocycles. The zero-order valence-corrected chi connectivity index (χ0v) is 19.0. The average Bonchev–Trinajstić information content (AvgIpc) is 2.69. The summed E-state index contributed by atoms with van der Waals surface area (Å²) < 4.78 is 39.5. The normalized spacial score (nSPS) is 13.3. The number of nitriles is 2. The van der Waals surface area contributed by atoms with Gasteiger partial charge in [-0.3, -0.25) is 9.97 Å². The minimum atomic E-state index is -1.31. The van der Waals surface area contributed by atoms with Crippen molar-refractivity contribution in [2.24, 2.45) is 5.73 Å². The van der Waals surface area contributed by atoms with Gasteiger partial charge in [0.05, 0.1) is 54.8 Å². The van der Waals surface area contributed by atoms with E-state index in [0.29, 0.717) is 11.4 Å². The molecular formula is C20H25ClF2N6OS. The summed E-state index contributed by atoms with van der Waals surface area (Å²) in [5.74, 6) is -0.839. The third-order valence-electron chi connectivity index (χ3n) is 3.65. The van der Waals surface area contributed by atoms with E-state index in [9.17, 15) is 13.3 Å². The Bertz CT molecular complexity index is 866. The van der Waals surface area contributed by atoms with Gasteiger partial charge in [-0.05, 0) is 45.0 Å². The van der Waals surface area contributed by atoms with E-state index in [-0.39, 0.29) is 25.2 Å². The van der Waals surface area contributed by atoms with Gasteiger partial charge in [-0.25, -0.2) is 8.78 Å². The zero-order chi connectivity index (χ0) is 22.7. The van der Waals surface area contributed by atoms with E-state index in [4.69, 9.17) is 16.3 Å². The van der Waals surface area contributed by atoms with Crippen molar-refractivity contribution in [2.45, 2.75) is 50.4 Å². The molecule has 0 saturated heterocycles. The maximum absolute atomic E-state index is 12.8. The second kappa shape index (κ2) is 13.9. The highest BCUT2D eigenvalue weighted by Gasteiger charge is 2.30. The van der Waals surface area contributed by atoms with E-state index in [2.05, 4.69) is 14.7 Å². The number of nitrogens with one attached hydrogen (secondary N) is 1. The predicted octanol–water partition coefficient (Wildman–Crippen LogP) is 3.78. The first kappa shape index (κ1) is 28.7. The van der Waals surface area contributed by atoms with E-state index in [1.54, 1.807) is 0 Å². The molecule has 2 aromatic heterocycles. The summed E-state index contributed by atoms with van der Waals surface area (Å²) in [5, 5.41) is 17.1. The van der Waals surface area contributed by atoms with Crippen LogP contribution in [0.5, 0.6) is 0 Å². The highest BCUT2D eigenvalue weighted by Crippen LogP contribution is 2.21. The van der Waals surface area contributed by atoms with Crippen LogP contribution in [-0.2, 0) is 11.4 Å². The second-order valence-electron chi connectivity index (χ2n) is 7.19. The van der Waals surface area contributed by atoms with E-state index < -0.39 is 39.8 Å². The Balaban J connectivity index is 0.000000605. The molecule has 168 valence electrons. The van der Waals surface area contributed by atoms with Crippen LogP contribution in [0.1, 0.15) is 57.1 Å². The molecule has 0 aromatic carbocycles. The third-order valence-corrected chi connectivity index (χ3v) is 5.26. The van der Waals surface area contributed by atoms with Crippen molar-refractivity contribution < 1.29 is 13.3 Å². The van der Waals surface area contributed by atoms with Crippen LogP contribution < -0.4 is 10.5 Å². The molecule has 3 atom stereocenters. The lowest BCUT2D eigenvalue weighted by Crippen LogP contribution is -2.41. The fraction of sp³-hybridized carbons (Fsp3) is 0.400. The molecule has 0 spiro atoms. The molecule has 2 rings (SSSR count). The predicted molar refractivity (Wildman–Crippen MR) is 117 cm³/mol. The van der Waals surface area contributed by atoms with Crippen molar-refractivity contribution in [1.29, 1.82) is 10.5 Å². The standard InChI is InChI=1S/C12H16FN3OS.C8H8FN3.ClH/c1-12(2,3)18(17)16-11(6-7-14)10-5-4-9(13)8-15-10;9-6-1-2-8(12-5-6)7(11)3-4-10;/h4-5,8,11,16H,6H2,1-3H3;1-2,5,7H,3,11H2;1H. The Hall–Kier alpha value is -2.34. The van der Waals surface area contributed by atoms with Gasteiger partial charge in [0.1, 0.15) is 22.4 Å². The summed E-state index contributed by atoms with van der Waals surface area (Å²) in [6.45, 7) is 5.49. The Morgan fingerprint density at radius 1 is 1.03 bits per heavy atom. The molecule has 0 aliphatic rings. The largest absolute Gasteiger partial charge is 0.598 e. The molecule has 0 fully saturated rings. The van der Waals surface area contributed by atoms with Crippen molar-refractivity contribution in [1.82, 2.24) is 14.7 Å². The van der Waals surface area contributed by atoms with Gasteiger partial charge in [0.25, 0.3) is 0 Å². The van der Waals surface area contributed by atoms with E-state index >= 15 is 0 Å². The van der Waals surface area contributed by atoms with Crippen LogP contribution in [0.4, 0.5) is 8.78 Å². The lowest BCUT2D eigenvalue weighted by atomic mass is 10.1. The molecule has 2 aromatic rings. The molecule has 0 bridgehead atoms. The highest BCUT2D eigenvalue weighted by molar-refractivity contribution is 7.90. The van der Waals surface area contributed by atoms with Gasteiger partial charge in [0.2, 0.25) is 0 Å². The molecule has 0 amide bonds. The summed E-state index contributed by atoms with van der Waals surface area (Å²) in [5.41, 5.74) is 6.60. The lowest BCUT2D eigenvalue weighted by molar-refractivity contribution is 0.521. The van der Waals surface area contributed by atoms with Crippen molar-refractivity contribution in [3.05, 3.63) is 59.7 Å². The van der Waals surface area contributed by atoms with Gasteiger partial charge >= 0.3 is 0 Å². The van der Waals surface area contributed by atoms with E-state index in [1.807, 2.05) is 32.9 Å². The molecule has 31 heavy (non-hydrogen) atoms. The van der Waals surface area contributed by atoms with Gasteiger partial charge in [0.15, 0.2) is 0 Å². The minimum absolute atomic E-state index is 0. The van der Waals surface area contributed by atoms with Crippen molar-refractivity contribution in [3.8, 4) is 12.1 Å². The van der Waals surface area contributed by atoms with Gasteiger partial charge in [-0.1, -0.05) is 0 Å². The molecule has 7 nitrogen and oxygen atoms in total. The van der Waals surface area contributed by atoms with E-state index in [0.717, 1.165) is 12.4 Å². The van der Waals surface area contributed by atoms with Gasteiger partial charge in [-0.2, -0.15) is 10.5 Å². The van der Waals surface area contributed by atoms with Crippen LogP contribution in [-0.4, -0.2) is 19.3 Å². The molecule has 11 heteroatoms. The van der Waals surface area contributed by atoms with Crippen LogP contribution in [0.2, 0.25) is 0 Å². The second-order valence-corrected chi connectivity index (χ2v) is 9.18. The number of nitrogens with zero attached hydrogens (tertiary/aromatic N) is 4. The molecule has 3 N–H and O–H groups in total. The molecular weight excluding hydrogens is 446 g/mol. The van der Waals surface area contributed by atoms with Crippen LogP contribution >= 0.6 is 12.4 Å². The smallest absolute Gasteiger partial charge is 0.141 e. The number of hydrogen-bond donors (Lipinski definition) is 2. The maximum Gasteiger partial charge on any atom is 0.141 e. The SMILES string of the molecule is CC(C)(C)[S+]([O-])NC(CC#N)c1ccc(F)cn1.Cl.N#CCC(N)c1ccc(F)cn1. The van der Waals surface area contributed by atoms with Gasteiger partial charge in [-0.15, -0.1) is 17.1 Å². The van der Waals surface area contributed by atoms with Crippen LogP contribution in [0, 0.1) is 34.3 Å². The first-order chi connectivity index (χ1) is 14.1.